The van der Waals surface area contributed by atoms with Crippen molar-refractivity contribution in [1.29, 1.82) is 0 Å². The van der Waals surface area contributed by atoms with Gasteiger partial charge in [0, 0.05) is 36.8 Å². The molecule has 0 N–H and O–H groups in total. The van der Waals surface area contributed by atoms with Crippen molar-refractivity contribution in [3.63, 3.8) is 0 Å². The van der Waals surface area contributed by atoms with Crippen LogP contribution in [0.2, 0.25) is 0 Å². The second-order valence-corrected chi connectivity index (χ2v) is 13.7. The lowest BCUT2D eigenvalue weighted by Crippen LogP contribution is -2.34. The minimum atomic E-state index is -0.146. The normalized spacial score (nSPS) is 36.9. The SMILES string of the molecule is COC(=O)CCCC(Br)C1C[C@@H]2[C@@H](C=C[C@@H](OC3CCCCO3)C3CCCCC3)[C@H](OC3CCCCO3)C[C@H]2O1. The molecule has 0 aromatic rings. The third-order valence-electron chi connectivity index (χ3n) is 9.76. The van der Waals surface area contributed by atoms with E-state index < -0.39 is 0 Å². The Labute approximate surface area is 249 Å². The number of hydrogen-bond donors (Lipinski definition) is 0. The lowest BCUT2D eigenvalue weighted by atomic mass is 9.83. The number of ether oxygens (including phenoxy) is 6. The zero-order chi connectivity index (χ0) is 27.7. The molecule has 5 aliphatic rings. The van der Waals surface area contributed by atoms with E-state index in [1.807, 2.05) is 0 Å². The van der Waals surface area contributed by atoms with Gasteiger partial charge in [0.25, 0.3) is 0 Å². The molecule has 3 aliphatic heterocycles. The lowest BCUT2D eigenvalue weighted by Gasteiger charge is -2.33. The van der Waals surface area contributed by atoms with E-state index in [0.29, 0.717) is 18.3 Å². The van der Waals surface area contributed by atoms with Gasteiger partial charge < -0.3 is 28.4 Å². The number of esters is 1. The first kappa shape index (κ1) is 30.9. The third-order valence-corrected chi connectivity index (χ3v) is 10.8. The first-order chi connectivity index (χ1) is 19.6. The van der Waals surface area contributed by atoms with Gasteiger partial charge in [-0.2, -0.15) is 0 Å². The summed E-state index contributed by atoms with van der Waals surface area (Å²) in [5.74, 6) is 1.10. The Morgan fingerprint density at radius 1 is 0.950 bits per heavy atom. The molecule has 4 unspecified atom stereocenters. The lowest BCUT2D eigenvalue weighted by molar-refractivity contribution is -0.195. The molecule has 3 saturated heterocycles. The van der Waals surface area contributed by atoms with Gasteiger partial charge in [-0.05, 0) is 82.5 Å². The van der Waals surface area contributed by atoms with Crippen LogP contribution in [-0.4, -0.2) is 68.1 Å². The van der Waals surface area contributed by atoms with Crippen molar-refractivity contribution >= 4 is 21.9 Å². The van der Waals surface area contributed by atoms with Crippen LogP contribution >= 0.6 is 15.9 Å². The van der Waals surface area contributed by atoms with Gasteiger partial charge in [0.05, 0.1) is 31.5 Å². The van der Waals surface area contributed by atoms with E-state index in [1.165, 1.54) is 52.1 Å². The van der Waals surface area contributed by atoms with Gasteiger partial charge in [0.2, 0.25) is 0 Å². The van der Waals surface area contributed by atoms with Crippen LogP contribution in [0.5, 0.6) is 0 Å². The standard InChI is InChI=1S/C32H51BrO7/c1-35-30(34)13-9-12-25(33)29-20-24-23(27(21-28(24)38-29)40-32-15-6-8-19-37-32)16-17-26(22-10-3-2-4-11-22)39-31-14-5-7-18-36-31/h16-17,22-29,31-32H,2-15,18-21H2,1H3/t23-,24-,25?,26-,27-,28-,29?,31?,32?/m1/s1. The topological polar surface area (TPSA) is 72.5 Å². The molecule has 3 heterocycles. The summed E-state index contributed by atoms with van der Waals surface area (Å²) >= 11 is 3.89. The Bertz CT molecular complexity index is 790. The van der Waals surface area contributed by atoms with E-state index in [2.05, 4.69) is 28.1 Å². The molecule has 9 atom stereocenters. The van der Waals surface area contributed by atoms with Gasteiger partial charge in [-0.1, -0.05) is 47.3 Å². The molecule has 0 amide bonds. The number of fused-ring (bicyclic) bond motifs is 1. The van der Waals surface area contributed by atoms with Crippen molar-refractivity contribution < 1.29 is 33.2 Å². The summed E-state index contributed by atoms with van der Waals surface area (Å²) in [6.45, 7) is 1.60. The first-order valence-corrected chi connectivity index (χ1v) is 17.1. The van der Waals surface area contributed by atoms with Gasteiger partial charge in [-0.3, -0.25) is 4.79 Å². The number of methoxy groups -OCH3 is 1. The highest BCUT2D eigenvalue weighted by atomic mass is 79.9. The highest BCUT2D eigenvalue weighted by Crippen LogP contribution is 2.48. The largest absolute Gasteiger partial charge is 0.469 e. The van der Waals surface area contributed by atoms with E-state index >= 15 is 0 Å². The van der Waals surface area contributed by atoms with Crippen LogP contribution in [0.3, 0.4) is 0 Å². The predicted molar refractivity (Wildman–Crippen MR) is 156 cm³/mol. The maximum atomic E-state index is 11.6. The van der Waals surface area contributed by atoms with Crippen LogP contribution in [0.1, 0.15) is 103 Å². The molecule has 0 aromatic carbocycles. The molecule has 40 heavy (non-hydrogen) atoms. The van der Waals surface area contributed by atoms with Gasteiger partial charge in [-0.15, -0.1) is 0 Å². The minimum absolute atomic E-state index is 0.0809. The predicted octanol–water partition coefficient (Wildman–Crippen LogP) is 6.85. The van der Waals surface area contributed by atoms with Crippen LogP contribution in [0.4, 0.5) is 0 Å². The van der Waals surface area contributed by atoms with E-state index in [-0.39, 0.29) is 53.7 Å². The molecule has 0 bridgehead atoms. The quantitative estimate of drug-likeness (QED) is 0.133. The van der Waals surface area contributed by atoms with Gasteiger partial charge in [-0.25, -0.2) is 0 Å². The summed E-state index contributed by atoms with van der Waals surface area (Å²) < 4.78 is 36.8. The Balaban J connectivity index is 1.26. The van der Waals surface area contributed by atoms with Crippen molar-refractivity contribution in [3.8, 4) is 0 Å². The van der Waals surface area contributed by atoms with Crippen molar-refractivity contribution in [1.82, 2.24) is 0 Å². The molecular weight excluding hydrogens is 576 g/mol. The summed E-state index contributed by atoms with van der Waals surface area (Å²) in [5, 5.41) is 0. The molecule has 228 valence electrons. The van der Waals surface area contributed by atoms with Gasteiger partial charge in [0.15, 0.2) is 12.6 Å². The molecular formula is C32H51BrO7. The summed E-state index contributed by atoms with van der Waals surface area (Å²) in [7, 11) is 1.45. The minimum Gasteiger partial charge on any atom is -0.469 e. The Kier molecular flexibility index (Phi) is 12.2. The van der Waals surface area contributed by atoms with E-state index in [1.54, 1.807) is 0 Å². The monoisotopic (exact) mass is 626 g/mol. The van der Waals surface area contributed by atoms with Crippen molar-refractivity contribution in [2.24, 2.45) is 17.8 Å². The number of halogens is 1. The van der Waals surface area contributed by atoms with E-state index in [4.69, 9.17) is 28.4 Å². The number of carbonyl (C=O) groups excluding carboxylic acids is 1. The van der Waals surface area contributed by atoms with Crippen molar-refractivity contribution in [3.05, 3.63) is 12.2 Å². The zero-order valence-electron chi connectivity index (χ0n) is 24.4. The second-order valence-electron chi connectivity index (χ2n) is 12.6. The summed E-state index contributed by atoms with van der Waals surface area (Å²) in [5.41, 5.74) is 0. The number of alkyl halides is 1. The van der Waals surface area contributed by atoms with Crippen LogP contribution in [0.25, 0.3) is 0 Å². The number of hydrogen-bond acceptors (Lipinski definition) is 7. The van der Waals surface area contributed by atoms with Crippen molar-refractivity contribution in [2.75, 3.05) is 20.3 Å². The molecule has 2 saturated carbocycles. The summed E-state index contributed by atoms with van der Waals surface area (Å²) in [4.78, 5) is 11.8. The molecule has 8 heteroatoms. The molecule has 0 aromatic heterocycles. The molecule has 5 fully saturated rings. The average Bonchev–Trinajstić information content (AvgIpc) is 3.54. The van der Waals surface area contributed by atoms with E-state index in [0.717, 1.165) is 64.6 Å². The fraction of sp³-hybridized carbons (Fsp3) is 0.906. The third kappa shape index (κ3) is 8.53. The van der Waals surface area contributed by atoms with Gasteiger partial charge >= 0.3 is 5.97 Å². The maximum Gasteiger partial charge on any atom is 0.305 e. The van der Waals surface area contributed by atoms with E-state index in [9.17, 15) is 4.79 Å². The fourth-order valence-electron chi connectivity index (χ4n) is 7.49. The molecule has 5 rings (SSSR count). The van der Waals surface area contributed by atoms with Gasteiger partial charge in [0.1, 0.15) is 0 Å². The Morgan fingerprint density at radius 2 is 1.68 bits per heavy atom. The molecule has 0 spiro atoms. The molecule has 0 radical (unpaired) electrons. The average molecular weight is 628 g/mol. The number of rotatable bonds is 12. The maximum absolute atomic E-state index is 11.6. The Morgan fingerprint density at radius 3 is 2.38 bits per heavy atom. The smallest absolute Gasteiger partial charge is 0.305 e. The van der Waals surface area contributed by atoms with Crippen LogP contribution in [-0.2, 0) is 33.2 Å². The first-order valence-electron chi connectivity index (χ1n) is 16.2. The van der Waals surface area contributed by atoms with Crippen molar-refractivity contribution in [2.45, 2.75) is 145 Å². The highest BCUT2D eigenvalue weighted by Gasteiger charge is 2.51. The number of carbonyl (C=O) groups is 1. The zero-order valence-corrected chi connectivity index (χ0v) is 26.0. The fourth-order valence-corrected chi connectivity index (χ4v) is 8.16. The highest BCUT2D eigenvalue weighted by molar-refractivity contribution is 9.09. The molecule has 2 aliphatic carbocycles. The molecule has 7 nitrogen and oxygen atoms in total. The summed E-state index contributed by atoms with van der Waals surface area (Å²) in [6.07, 6.45) is 22.1. The van der Waals surface area contributed by atoms with Crippen LogP contribution < -0.4 is 0 Å². The van der Waals surface area contributed by atoms with Crippen LogP contribution in [0.15, 0.2) is 12.2 Å². The Hall–Kier alpha value is -0.510. The van der Waals surface area contributed by atoms with Crippen LogP contribution in [0, 0.1) is 17.8 Å². The second kappa shape index (κ2) is 15.8. The summed E-state index contributed by atoms with van der Waals surface area (Å²) in [6, 6.07) is 0.